The van der Waals surface area contributed by atoms with E-state index in [4.69, 9.17) is 9.94 Å². The van der Waals surface area contributed by atoms with E-state index in [0.29, 0.717) is 0 Å². The van der Waals surface area contributed by atoms with Crippen LogP contribution in [0, 0.1) is 0 Å². The van der Waals surface area contributed by atoms with Crippen LogP contribution < -0.4 is 0 Å². The largest absolute Gasteiger partial charge is 0.411 e. The van der Waals surface area contributed by atoms with Crippen molar-refractivity contribution >= 4 is 5.71 Å². The monoisotopic (exact) mass is 263 g/mol. The highest BCUT2D eigenvalue weighted by atomic mass is 16.5. The second-order valence-corrected chi connectivity index (χ2v) is 5.32. The predicted molar refractivity (Wildman–Crippen MR) is 73.4 cm³/mol. The molecule has 4 heteroatoms. The fourth-order valence-electron chi connectivity index (χ4n) is 2.35. The summed E-state index contributed by atoms with van der Waals surface area (Å²) in [6.45, 7) is 2.05. The molecule has 2 N–H and O–H groups in total. The summed E-state index contributed by atoms with van der Waals surface area (Å²) in [4.78, 5) is 0. The molecule has 0 heterocycles. The van der Waals surface area contributed by atoms with E-state index in [9.17, 15) is 5.11 Å². The molecule has 1 fully saturated rings. The van der Waals surface area contributed by atoms with Gasteiger partial charge in [0.2, 0.25) is 0 Å². The highest BCUT2D eigenvalue weighted by Gasteiger charge is 2.26. The highest BCUT2D eigenvalue weighted by molar-refractivity contribution is 5.84. The molecule has 19 heavy (non-hydrogen) atoms. The van der Waals surface area contributed by atoms with Gasteiger partial charge in [-0.2, -0.15) is 0 Å². The molecule has 0 amide bonds. The Hall–Kier alpha value is -1.39. The van der Waals surface area contributed by atoms with Crippen molar-refractivity contribution in [2.75, 3.05) is 6.61 Å². The Morgan fingerprint density at radius 1 is 1.26 bits per heavy atom. The number of nitrogens with zero attached hydrogens (tertiary/aromatic N) is 1. The SMILES string of the molecule is CC(O)(COC1CCC(=NO)CC1)c1ccccc1. The molecule has 1 aliphatic carbocycles. The van der Waals surface area contributed by atoms with E-state index in [1.165, 1.54) is 0 Å². The van der Waals surface area contributed by atoms with Crippen molar-refractivity contribution in [3.63, 3.8) is 0 Å². The lowest BCUT2D eigenvalue weighted by Crippen LogP contribution is -2.32. The summed E-state index contributed by atoms with van der Waals surface area (Å²) in [5, 5.41) is 22.4. The summed E-state index contributed by atoms with van der Waals surface area (Å²) in [5.74, 6) is 0. The van der Waals surface area contributed by atoms with Gasteiger partial charge in [0, 0.05) is 0 Å². The van der Waals surface area contributed by atoms with Gasteiger partial charge in [-0.05, 0) is 38.2 Å². The number of hydrogen-bond acceptors (Lipinski definition) is 4. The molecule has 1 aromatic carbocycles. The average Bonchev–Trinajstić information content (AvgIpc) is 2.47. The first-order valence-electron chi connectivity index (χ1n) is 6.71. The first-order chi connectivity index (χ1) is 9.12. The molecule has 4 nitrogen and oxygen atoms in total. The molecule has 2 rings (SSSR count). The van der Waals surface area contributed by atoms with Crippen LogP contribution in [0.2, 0.25) is 0 Å². The van der Waals surface area contributed by atoms with Gasteiger partial charge in [-0.15, -0.1) is 0 Å². The Labute approximate surface area is 113 Å². The van der Waals surface area contributed by atoms with E-state index >= 15 is 0 Å². The van der Waals surface area contributed by atoms with Crippen molar-refractivity contribution in [1.82, 2.24) is 0 Å². The first kappa shape index (κ1) is 14.0. The molecule has 0 saturated heterocycles. The predicted octanol–water partition coefficient (Wildman–Crippen LogP) is 2.68. The van der Waals surface area contributed by atoms with Crippen LogP contribution in [-0.2, 0) is 10.3 Å². The van der Waals surface area contributed by atoms with E-state index in [1.54, 1.807) is 6.92 Å². The molecular weight excluding hydrogens is 242 g/mol. The lowest BCUT2D eigenvalue weighted by molar-refractivity contribution is -0.0713. The highest BCUT2D eigenvalue weighted by Crippen LogP contribution is 2.24. The zero-order valence-electron chi connectivity index (χ0n) is 11.2. The van der Waals surface area contributed by atoms with E-state index in [0.717, 1.165) is 37.0 Å². The Morgan fingerprint density at radius 2 is 1.89 bits per heavy atom. The van der Waals surface area contributed by atoms with Gasteiger partial charge >= 0.3 is 0 Å². The Kier molecular flexibility index (Phi) is 4.56. The Morgan fingerprint density at radius 3 is 2.47 bits per heavy atom. The number of oxime groups is 1. The summed E-state index contributed by atoms with van der Waals surface area (Å²) in [6.07, 6.45) is 3.39. The van der Waals surface area contributed by atoms with Gasteiger partial charge in [-0.3, -0.25) is 0 Å². The first-order valence-corrected chi connectivity index (χ1v) is 6.71. The number of ether oxygens (including phenoxy) is 1. The minimum absolute atomic E-state index is 0.140. The Balaban J connectivity index is 1.85. The zero-order chi connectivity index (χ0) is 13.7. The molecule has 1 aromatic rings. The Bertz CT molecular complexity index is 418. The third kappa shape index (κ3) is 3.78. The molecule has 0 spiro atoms. The van der Waals surface area contributed by atoms with Gasteiger partial charge < -0.3 is 15.1 Å². The number of benzene rings is 1. The van der Waals surface area contributed by atoms with Gasteiger partial charge in [-0.1, -0.05) is 35.5 Å². The molecule has 0 bridgehead atoms. The van der Waals surface area contributed by atoms with Crippen LogP contribution in [0.1, 0.15) is 38.2 Å². The average molecular weight is 263 g/mol. The van der Waals surface area contributed by atoms with Crippen LogP contribution in [0.15, 0.2) is 35.5 Å². The van der Waals surface area contributed by atoms with E-state index in [-0.39, 0.29) is 12.7 Å². The molecule has 0 aromatic heterocycles. The van der Waals surface area contributed by atoms with Gasteiger partial charge in [0.15, 0.2) is 0 Å². The smallest absolute Gasteiger partial charge is 0.110 e. The minimum atomic E-state index is -0.966. The normalized spacial score (nSPS) is 22.8. The van der Waals surface area contributed by atoms with Gasteiger partial charge in [0.1, 0.15) is 5.60 Å². The van der Waals surface area contributed by atoms with Crippen LogP contribution in [0.4, 0.5) is 0 Å². The standard InChI is InChI=1S/C15H21NO3/c1-15(17,12-5-3-2-4-6-12)11-19-14-9-7-13(16-18)8-10-14/h2-6,14,17-18H,7-11H2,1H3. The number of rotatable bonds is 4. The van der Waals surface area contributed by atoms with Crippen LogP contribution in [0.3, 0.4) is 0 Å². The molecule has 1 saturated carbocycles. The van der Waals surface area contributed by atoms with E-state index in [1.807, 2.05) is 30.3 Å². The van der Waals surface area contributed by atoms with Crippen molar-refractivity contribution in [3.8, 4) is 0 Å². The summed E-state index contributed by atoms with van der Waals surface area (Å²) in [5.41, 5.74) is 0.741. The number of aliphatic hydroxyl groups is 1. The molecule has 1 unspecified atom stereocenters. The molecular formula is C15H21NO3. The van der Waals surface area contributed by atoms with Gasteiger partial charge in [0.05, 0.1) is 18.4 Å². The van der Waals surface area contributed by atoms with Crippen molar-refractivity contribution in [3.05, 3.63) is 35.9 Å². The van der Waals surface area contributed by atoms with Crippen molar-refractivity contribution < 1.29 is 15.1 Å². The molecule has 1 aliphatic rings. The third-order valence-electron chi connectivity index (χ3n) is 3.65. The van der Waals surface area contributed by atoms with Crippen LogP contribution >= 0.6 is 0 Å². The maximum Gasteiger partial charge on any atom is 0.110 e. The lowest BCUT2D eigenvalue weighted by atomic mass is 9.94. The maximum absolute atomic E-state index is 10.4. The fourth-order valence-corrected chi connectivity index (χ4v) is 2.35. The topological polar surface area (TPSA) is 62.0 Å². The number of hydrogen-bond donors (Lipinski definition) is 2. The second-order valence-electron chi connectivity index (χ2n) is 5.32. The minimum Gasteiger partial charge on any atom is -0.411 e. The van der Waals surface area contributed by atoms with Gasteiger partial charge in [0.25, 0.3) is 0 Å². The van der Waals surface area contributed by atoms with Crippen molar-refractivity contribution in [2.24, 2.45) is 5.16 Å². The quantitative estimate of drug-likeness (QED) is 0.648. The van der Waals surface area contributed by atoms with E-state index in [2.05, 4.69) is 5.16 Å². The maximum atomic E-state index is 10.4. The zero-order valence-corrected chi connectivity index (χ0v) is 11.2. The van der Waals surface area contributed by atoms with Crippen molar-refractivity contribution in [2.45, 2.75) is 44.3 Å². The van der Waals surface area contributed by atoms with E-state index < -0.39 is 5.60 Å². The van der Waals surface area contributed by atoms with Crippen LogP contribution in [0.25, 0.3) is 0 Å². The molecule has 1 atom stereocenters. The molecule has 0 aliphatic heterocycles. The summed E-state index contributed by atoms with van der Waals surface area (Å²) >= 11 is 0. The molecule has 104 valence electrons. The van der Waals surface area contributed by atoms with Crippen LogP contribution in [0.5, 0.6) is 0 Å². The third-order valence-corrected chi connectivity index (χ3v) is 3.65. The van der Waals surface area contributed by atoms with Gasteiger partial charge in [-0.25, -0.2) is 0 Å². The summed E-state index contributed by atoms with van der Waals surface area (Å²) < 4.78 is 5.81. The summed E-state index contributed by atoms with van der Waals surface area (Å²) in [7, 11) is 0. The van der Waals surface area contributed by atoms with Crippen molar-refractivity contribution in [1.29, 1.82) is 0 Å². The lowest BCUT2D eigenvalue weighted by Gasteiger charge is -2.29. The summed E-state index contributed by atoms with van der Waals surface area (Å²) in [6, 6.07) is 9.56. The fraction of sp³-hybridized carbons (Fsp3) is 0.533. The second kappa shape index (κ2) is 6.17. The molecule has 0 radical (unpaired) electrons. The van der Waals surface area contributed by atoms with Crippen LogP contribution in [-0.4, -0.2) is 28.7 Å².